The highest BCUT2D eigenvalue weighted by atomic mass is 19.4. The molecule has 0 heterocycles. The van der Waals surface area contributed by atoms with Crippen LogP contribution in [0.15, 0.2) is 42.5 Å². The number of ether oxygens (including phenoxy) is 1. The minimum absolute atomic E-state index is 0.528. The maximum atomic E-state index is 12.5. The third kappa shape index (κ3) is 2.81. The maximum Gasteiger partial charge on any atom is 0.416 e. The molecule has 0 spiro atoms. The second-order valence-electron chi connectivity index (χ2n) is 4.03. The standard InChI is InChI=1S/C14H12F3NO/c1-19-13-8-11(18)6-7-12(13)9-2-4-10(5-3-9)14(15,16)17/h2-8H,18H2,1H3. The van der Waals surface area contributed by atoms with Crippen LogP contribution in [-0.4, -0.2) is 7.11 Å². The molecule has 0 amide bonds. The molecule has 0 unspecified atom stereocenters. The van der Waals surface area contributed by atoms with Gasteiger partial charge in [-0.2, -0.15) is 13.2 Å². The first-order chi connectivity index (χ1) is 8.91. The van der Waals surface area contributed by atoms with E-state index in [1.165, 1.54) is 19.2 Å². The topological polar surface area (TPSA) is 35.2 Å². The van der Waals surface area contributed by atoms with Gasteiger partial charge in [0.05, 0.1) is 12.7 Å². The van der Waals surface area contributed by atoms with E-state index in [0.29, 0.717) is 22.6 Å². The van der Waals surface area contributed by atoms with Gasteiger partial charge in [0, 0.05) is 17.3 Å². The number of rotatable bonds is 2. The molecular formula is C14H12F3NO. The van der Waals surface area contributed by atoms with Crippen LogP contribution in [0.5, 0.6) is 5.75 Å². The molecular weight excluding hydrogens is 255 g/mol. The molecule has 0 bridgehead atoms. The van der Waals surface area contributed by atoms with Crippen molar-refractivity contribution in [2.75, 3.05) is 12.8 Å². The zero-order valence-corrected chi connectivity index (χ0v) is 10.2. The third-order valence-electron chi connectivity index (χ3n) is 2.75. The number of halogens is 3. The Kier molecular flexibility index (Phi) is 3.38. The number of nitrogens with two attached hydrogens (primary N) is 1. The molecule has 0 aliphatic rings. The third-order valence-corrected chi connectivity index (χ3v) is 2.75. The number of hydrogen-bond donors (Lipinski definition) is 1. The smallest absolute Gasteiger partial charge is 0.416 e. The predicted octanol–water partition coefficient (Wildman–Crippen LogP) is 3.96. The van der Waals surface area contributed by atoms with E-state index in [1.54, 1.807) is 18.2 Å². The molecule has 2 nitrogen and oxygen atoms in total. The van der Waals surface area contributed by atoms with Crippen molar-refractivity contribution in [1.29, 1.82) is 0 Å². The van der Waals surface area contributed by atoms with E-state index in [9.17, 15) is 13.2 Å². The fourth-order valence-corrected chi connectivity index (χ4v) is 1.79. The van der Waals surface area contributed by atoms with Crippen LogP contribution < -0.4 is 10.5 Å². The van der Waals surface area contributed by atoms with Crippen molar-refractivity contribution in [3.8, 4) is 16.9 Å². The normalized spacial score (nSPS) is 11.4. The number of alkyl halides is 3. The first-order valence-corrected chi connectivity index (χ1v) is 5.53. The summed E-state index contributed by atoms with van der Waals surface area (Å²) in [5.74, 6) is 0.528. The maximum absolute atomic E-state index is 12.5. The highest BCUT2D eigenvalue weighted by Crippen LogP contribution is 2.34. The first-order valence-electron chi connectivity index (χ1n) is 5.53. The van der Waals surface area contributed by atoms with E-state index in [0.717, 1.165) is 12.1 Å². The minimum atomic E-state index is -4.33. The number of hydrogen-bond acceptors (Lipinski definition) is 2. The minimum Gasteiger partial charge on any atom is -0.496 e. The number of nitrogen functional groups attached to an aromatic ring is 1. The summed E-state index contributed by atoms with van der Waals surface area (Å²) in [6.07, 6.45) is -4.33. The fraction of sp³-hybridized carbons (Fsp3) is 0.143. The molecule has 2 rings (SSSR count). The first kappa shape index (κ1) is 13.3. The van der Waals surface area contributed by atoms with Crippen LogP contribution in [0, 0.1) is 0 Å². The summed E-state index contributed by atoms with van der Waals surface area (Å²) in [5.41, 5.74) is 6.84. The highest BCUT2D eigenvalue weighted by Gasteiger charge is 2.30. The summed E-state index contributed by atoms with van der Waals surface area (Å²) in [4.78, 5) is 0. The van der Waals surface area contributed by atoms with Gasteiger partial charge in [0.15, 0.2) is 0 Å². The average molecular weight is 267 g/mol. The van der Waals surface area contributed by atoms with Gasteiger partial charge in [-0.1, -0.05) is 12.1 Å². The van der Waals surface area contributed by atoms with Crippen LogP contribution >= 0.6 is 0 Å². The van der Waals surface area contributed by atoms with Crippen LogP contribution in [0.3, 0.4) is 0 Å². The largest absolute Gasteiger partial charge is 0.496 e. The van der Waals surface area contributed by atoms with Crippen LogP contribution in [0.1, 0.15) is 5.56 Å². The van der Waals surface area contributed by atoms with Gasteiger partial charge in [0.2, 0.25) is 0 Å². The van der Waals surface area contributed by atoms with Gasteiger partial charge < -0.3 is 10.5 Å². The molecule has 0 aliphatic carbocycles. The summed E-state index contributed by atoms with van der Waals surface area (Å²) < 4.78 is 42.6. The van der Waals surface area contributed by atoms with Gasteiger partial charge in [-0.25, -0.2) is 0 Å². The Morgan fingerprint density at radius 3 is 2.16 bits per heavy atom. The van der Waals surface area contributed by atoms with E-state index in [2.05, 4.69) is 0 Å². The van der Waals surface area contributed by atoms with Crippen LogP contribution in [0.2, 0.25) is 0 Å². The quantitative estimate of drug-likeness (QED) is 0.836. The van der Waals surface area contributed by atoms with Crippen molar-refractivity contribution in [1.82, 2.24) is 0 Å². The molecule has 0 atom stereocenters. The summed E-state index contributed by atoms with van der Waals surface area (Å²) in [6, 6.07) is 9.95. The van der Waals surface area contributed by atoms with Crippen LogP contribution in [0.25, 0.3) is 11.1 Å². The van der Waals surface area contributed by atoms with E-state index < -0.39 is 11.7 Å². The lowest BCUT2D eigenvalue weighted by atomic mass is 10.0. The lowest BCUT2D eigenvalue weighted by molar-refractivity contribution is -0.137. The van der Waals surface area contributed by atoms with E-state index in [4.69, 9.17) is 10.5 Å². The zero-order valence-electron chi connectivity index (χ0n) is 10.2. The Balaban J connectivity index is 2.43. The van der Waals surface area contributed by atoms with Gasteiger partial charge in [-0.3, -0.25) is 0 Å². The zero-order chi connectivity index (χ0) is 14.0. The second kappa shape index (κ2) is 4.84. The predicted molar refractivity (Wildman–Crippen MR) is 67.8 cm³/mol. The van der Waals surface area contributed by atoms with Gasteiger partial charge in [0.1, 0.15) is 5.75 Å². The summed E-state index contributed by atoms with van der Waals surface area (Å²) >= 11 is 0. The van der Waals surface area contributed by atoms with Crippen molar-refractivity contribution in [2.45, 2.75) is 6.18 Å². The van der Waals surface area contributed by atoms with E-state index in [1.807, 2.05) is 0 Å². The molecule has 19 heavy (non-hydrogen) atoms. The Hall–Kier alpha value is -2.17. The molecule has 0 radical (unpaired) electrons. The van der Waals surface area contributed by atoms with Gasteiger partial charge in [-0.05, 0) is 29.8 Å². The van der Waals surface area contributed by atoms with Crippen molar-refractivity contribution >= 4 is 5.69 Å². The molecule has 0 saturated carbocycles. The summed E-state index contributed by atoms with van der Waals surface area (Å²) in [6.45, 7) is 0. The van der Waals surface area contributed by atoms with Crippen molar-refractivity contribution in [3.63, 3.8) is 0 Å². The molecule has 0 aliphatic heterocycles. The molecule has 2 N–H and O–H groups in total. The molecule has 2 aromatic carbocycles. The highest BCUT2D eigenvalue weighted by molar-refractivity contribution is 5.73. The molecule has 0 aromatic heterocycles. The second-order valence-corrected chi connectivity index (χ2v) is 4.03. The monoisotopic (exact) mass is 267 g/mol. The SMILES string of the molecule is COc1cc(N)ccc1-c1ccc(C(F)(F)F)cc1. The Bertz CT molecular complexity index is 576. The van der Waals surface area contributed by atoms with Crippen molar-refractivity contribution < 1.29 is 17.9 Å². The molecule has 0 fully saturated rings. The lowest BCUT2D eigenvalue weighted by Crippen LogP contribution is -2.04. The van der Waals surface area contributed by atoms with E-state index >= 15 is 0 Å². The van der Waals surface area contributed by atoms with Crippen molar-refractivity contribution in [2.24, 2.45) is 0 Å². The van der Waals surface area contributed by atoms with Gasteiger partial charge in [0.25, 0.3) is 0 Å². The number of methoxy groups -OCH3 is 1. The molecule has 5 heteroatoms. The molecule has 100 valence electrons. The molecule has 2 aromatic rings. The van der Waals surface area contributed by atoms with Crippen LogP contribution in [0.4, 0.5) is 18.9 Å². The summed E-state index contributed by atoms with van der Waals surface area (Å²) in [7, 11) is 1.49. The lowest BCUT2D eigenvalue weighted by Gasteiger charge is -2.11. The molecule has 0 saturated heterocycles. The number of anilines is 1. The Morgan fingerprint density at radius 1 is 1.00 bits per heavy atom. The van der Waals surface area contributed by atoms with Gasteiger partial charge in [-0.15, -0.1) is 0 Å². The van der Waals surface area contributed by atoms with E-state index in [-0.39, 0.29) is 0 Å². The van der Waals surface area contributed by atoms with Crippen LogP contribution in [-0.2, 0) is 6.18 Å². The Morgan fingerprint density at radius 2 is 1.63 bits per heavy atom. The Labute approximate surface area is 108 Å². The number of benzene rings is 2. The van der Waals surface area contributed by atoms with Crippen molar-refractivity contribution in [3.05, 3.63) is 48.0 Å². The summed E-state index contributed by atoms with van der Waals surface area (Å²) in [5, 5.41) is 0. The average Bonchev–Trinajstić information content (AvgIpc) is 2.37. The fourth-order valence-electron chi connectivity index (χ4n) is 1.79. The van der Waals surface area contributed by atoms with Gasteiger partial charge >= 0.3 is 6.18 Å².